The van der Waals surface area contributed by atoms with Crippen LogP contribution in [0.2, 0.25) is 0 Å². The lowest BCUT2D eigenvalue weighted by Gasteiger charge is -2.35. The lowest BCUT2D eigenvalue weighted by atomic mass is 9.90. The van der Waals surface area contributed by atoms with E-state index in [1.165, 1.54) is 46.6 Å². The largest absolute Gasteiger partial charge is 0.382 e. The average molecular weight is 288 g/mol. The number of aromatic nitrogens is 4. The van der Waals surface area contributed by atoms with Crippen LogP contribution in [-0.4, -0.2) is 21.0 Å². The Morgan fingerprint density at radius 1 is 0.800 bits per heavy atom. The van der Waals surface area contributed by atoms with Gasteiger partial charge in [0.15, 0.2) is 0 Å². The van der Waals surface area contributed by atoms with E-state index in [9.17, 15) is 17.6 Å². The number of halogens is 4. The molecule has 106 valence electrons. The second-order valence-electron chi connectivity index (χ2n) is 4.82. The van der Waals surface area contributed by atoms with Gasteiger partial charge >= 0.3 is 11.8 Å². The third-order valence-electron chi connectivity index (χ3n) is 3.27. The quantitative estimate of drug-likeness (QED) is 0.581. The zero-order chi connectivity index (χ0) is 14.7. The van der Waals surface area contributed by atoms with Crippen molar-refractivity contribution < 1.29 is 26.7 Å². The average Bonchev–Trinajstić information content (AvgIpc) is 2.94. The van der Waals surface area contributed by atoms with Crippen molar-refractivity contribution in [1.82, 2.24) is 9.13 Å². The molecule has 1 aliphatic carbocycles. The molecule has 0 radical (unpaired) electrons. The molecule has 0 fully saturated rings. The van der Waals surface area contributed by atoms with Crippen LogP contribution in [0.15, 0.2) is 37.4 Å². The number of hydrogen-bond donors (Lipinski definition) is 0. The predicted molar refractivity (Wildman–Crippen MR) is 60.5 cm³/mol. The maximum Gasteiger partial charge on any atom is 0.382 e. The smallest absolute Gasteiger partial charge is 0.239 e. The minimum absolute atomic E-state index is 0.709. The first-order chi connectivity index (χ1) is 9.25. The highest BCUT2D eigenvalue weighted by Gasteiger charge is 2.78. The Morgan fingerprint density at radius 3 is 1.40 bits per heavy atom. The fraction of sp³-hybridized carbons (Fsp3) is 0.333. The molecule has 0 saturated carbocycles. The molecule has 8 heteroatoms. The lowest BCUT2D eigenvalue weighted by Crippen LogP contribution is -2.55. The Morgan fingerprint density at radius 2 is 1.15 bits per heavy atom. The summed E-state index contributed by atoms with van der Waals surface area (Å²) in [6.07, 6.45) is 8.30. The minimum atomic E-state index is -4.20. The Bertz CT molecular complexity index is 650. The number of hydrogen-bond acceptors (Lipinski definition) is 0. The maximum atomic E-state index is 13.8. The van der Waals surface area contributed by atoms with E-state index in [2.05, 4.69) is 0 Å². The second-order valence-corrected chi connectivity index (χ2v) is 4.82. The molecule has 2 aromatic rings. The Kier molecular flexibility index (Phi) is 2.39. The summed E-state index contributed by atoms with van der Waals surface area (Å²) in [6, 6.07) is 0. The van der Waals surface area contributed by atoms with Gasteiger partial charge in [0, 0.05) is 0 Å². The Hall–Kier alpha value is -2.12. The summed E-state index contributed by atoms with van der Waals surface area (Å²) < 4.78 is 60.1. The van der Waals surface area contributed by atoms with Gasteiger partial charge in [0.1, 0.15) is 24.8 Å². The van der Waals surface area contributed by atoms with Crippen molar-refractivity contribution in [2.45, 2.75) is 11.8 Å². The highest BCUT2D eigenvalue weighted by atomic mass is 19.3. The molecule has 20 heavy (non-hydrogen) atoms. The molecule has 2 heterocycles. The van der Waals surface area contributed by atoms with Gasteiger partial charge in [-0.2, -0.15) is 26.7 Å². The van der Waals surface area contributed by atoms with Crippen LogP contribution in [0.5, 0.6) is 0 Å². The molecule has 3 rings (SSSR count). The number of allylic oxidation sites excluding steroid dienone is 2. The van der Waals surface area contributed by atoms with Gasteiger partial charge in [0.05, 0.1) is 14.1 Å². The molecule has 0 amide bonds. The van der Waals surface area contributed by atoms with Crippen molar-refractivity contribution >= 4 is 11.4 Å². The first kappa shape index (κ1) is 12.9. The van der Waals surface area contributed by atoms with Crippen LogP contribution in [0.25, 0.3) is 11.4 Å². The highest BCUT2D eigenvalue weighted by molar-refractivity contribution is 5.91. The molecule has 0 aromatic carbocycles. The van der Waals surface area contributed by atoms with Gasteiger partial charge in [0.2, 0.25) is 24.0 Å². The van der Waals surface area contributed by atoms with Crippen LogP contribution >= 0.6 is 0 Å². The summed E-state index contributed by atoms with van der Waals surface area (Å²) in [5.74, 6) is -8.39. The molecular formula is C12H12F4N4+2. The zero-order valence-corrected chi connectivity index (χ0v) is 10.8. The van der Waals surface area contributed by atoms with Crippen LogP contribution in [0.1, 0.15) is 0 Å². The first-order valence-electron chi connectivity index (χ1n) is 5.83. The van der Waals surface area contributed by atoms with Gasteiger partial charge < -0.3 is 0 Å². The molecule has 0 saturated heterocycles. The number of alkyl halides is 4. The fourth-order valence-electron chi connectivity index (χ4n) is 2.27. The van der Waals surface area contributed by atoms with E-state index >= 15 is 0 Å². The lowest BCUT2D eigenvalue weighted by molar-refractivity contribution is -0.670. The van der Waals surface area contributed by atoms with Crippen LogP contribution < -0.4 is 9.13 Å². The number of rotatable bonds is 2. The van der Waals surface area contributed by atoms with Crippen molar-refractivity contribution in [3.63, 3.8) is 0 Å². The third-order valence-corrected chi connectivity index (χ3v) is 3.27. The molecule has 0 N–H and O–H groups in total. The summed E-state index contributed by atoms with van der Waals surface area (Å²) in [5.41, 5.74) is -1.42. The highest BCUT2D eigenvalue weighted by Crippen LogP contribution is 2.59. The normalized spacial score (nSPS) is 20.1. The van der Waals surface area contributed by atoms with Gasteiger partial charge in [-0.25, -0.2) is 9.13 Å². The molecular weight excluding hydrogens is 276 g/mol. The molecule has 1 aliphatic rings. The van der Waals surface area contributed by atoms with E-state index in [1.54, 1.807) is 14.1 Å². The topological polar surface area (TPSA) is 17.6 Å². The molecule has 0 bridgehead atoms. The standard InChI is InChI=1S/C12H12F4N4/c1-17-3-5-19(7-17)9-10(12(15,16)11(9,13)14)20-6-4-18(2)8-20/h3-8H,1-2H3/q+2. The van der Waals surface area contributed by atoms with Crippen LogP contribution in [-0.2, 0) is 14.1 Å². The second kappa shape index (κ2) is 3.71. The fourth-order valence-corrected chi connectivity index (χ4v) is 2.27. The van der Waals surface area contributed by atoms with Gasteiger partial charge in [-0.1, -0.05) is 0 Å². The van der Waals surface area contributed by atoms with Gasteiger partial charge in [-0.05, 0) is 0 Å². The minimum Gasteiger partial charge on any atom is -0.239 e. The van der Waals surface area contributed by atoms with Gasteiger partial charge in [-0.3, -0.25) is 0 Å². The summed E-state index contributed by atoms with van der Waals surface area (Å²) in [5, 5.41) is 0. The van der Waals surface area contributed by atoms with Crippen LogP contribution in [0.3, 0.4) is 0 Å². The molecule has 0 aliphatic heterocycles. The van der Waals surface area contributed by atoms with Crippen molar-refractivity contribution in [3.05, 3.63) is 37.4 Å². The molecule has 2 aromatic heterocycles. The predicted octanol–water partition coefficient (Wildman–Crippen LogP) is 1.05. The summed E-state index contributed by atoms with van der Waals surface area (Å²) in [4.78, 5) is 0. The Balaban J connectivity index is 2.24. The Labute approximate surface area is 111 Å². The van der Waals surface area contributed by atoms with E-state index in [0.717, 1.165) is 9.13 Å². The van der Waals surface area contributed by atoms with Gasteiger partial charge in [-0.15, -0.1) is 0 Å². The molecule has 0 spiro atoms. The number of imidazole rings is 2. The summed E-state index contributed by atoms with van der Waals surface area (Å²) in [6.45, 7) is 0. The van der Waals surface area contributed by atoms with Gasteiger partial charge in [0.25, 0.3) is 0 Å². The summed E-state index contributed by atoms with van der Waals surface area (Å²) >= 11 is 0. The number of aryl methyl sites for hydroxylation is 2. The SMILES string of the molecule is C[n+]1ccn(C2=C(n3cc[n+](C)c3)C(F)(F)C2(F)F)c1. The molecule has 0 unspecified atom stereocenters. The van der Waals surface area contributed by atoms with E-state index in [1.807, 2.05) is 0 Å². The molecule has 4 nitrogen and oxygen atoms in total. The van der Waals surface area contributed by atoms with Crippen molar-refractivity contribution in [3.8, 4) is 0 Å². The van der Waals surface area contributed by atoms with E-state index in [4.69, 9.17) is 0 Å². The zero-order valence-electron chi connectivity index (χ0n) is 10.8. The monoisotopic (exact) mass is 288 g/mol. The van der Waals surface area contributed by atoms with E-state index < -0.39 is 23.2 Å². The van der Waals surface area contributed by atoms with Crippen LogP contribution in [0.4, 0.5) is 17.6 Å². The third kappa shape index (κ3) is 1.47. The van der Waals surface area contributed by atoms with Crippen molar-refractivity contribution in [2.75, 3.05) is 0 Å². The van der Waals surface area contributed by atoms with E-state index in [-0.39, 0.29) is 0 Å². The number of nitrogens with zero attached hydrogens (tertiary/aromatic N) is 4. The van der Waals surface area contributed by atoms with Crippen molar-refractivity contribution in [1.29, 1.82) is 0 Å². The van der Waals surface area contributed by atoms with E-state index in [0.29, 0.717) is 0 Å². The van der Waals surface area contributed by atoms with Crippen LogP contribution in [0, 0.1) is 0 Å². The maximum absolute atomic E-state index is 13.8. The van der Waals surface area contributed by atoms with Crippen molar-refractivity contribution in [2.24, 2.45) is 14.1 Å². The summed E-state index contributed by atoms with van der Waals surface area (Å²) in [7, 11) is 3.25. The first-order valence-corrected chi connectivity index (χ1v) is 5.83. The molecule has 0 atom stereocenters.